The maximum Gasteiger partial charge on any atom is 0.241 e. The number of carbonyl (C=O) groups excluding carboxylic acids is 2. The molecule has 0 heterocycles. The SMILES string of the molecule is CN(C)C(=O)CNC(=O)[C@@H]1CCC[C@@H]1CN. The lowest BCUT2D eigenvalue weighted by atomic mass is 9.95. The first-order valence-corrected chi connectivity index (χ1v) is 5.74. The molecule has 2 amide bonds. The van der Waals surface area contributed by atoms with Crippen LogP contribution in [0.1, 0.15) is 19.3 Å². The monoisotopic (exact) mass is 227 g/mol. The zero-order valence-electron chi connectivity index (χ0n) is 10.0. The summed E-state index contributed by atoms with van der Waals surface area (Å²) >= 11 is 0. The molecule has 1 aliphatic carbocycles. The third-order valence-corrected chi connectivity index (χ3v) is 3.21. The van der Waals surface area contributed by atoms with Crippen LogP contribution in [0.4, 0.5) is 0 Å². The lowest BCUT2D eigenvalue weighted by molar-refractivity contribution is -0.132. The molecule has 0 spiro atoms. The van der Waals surface area contributed by atoms with Crippen LogP contribution in [0.2, 0.25) is 0 Å². The van der Waals surface area contributed by atoms with Crippen LogP contribution in [0.15, 0.2) is 0 Å². The van der Waals surface area contributed by atoms with Crippen LogP contribution in [0.5, 0.6) is 0 Å². The highest BCUT2D eigenvalue weighted by atomic mass is 16.2. The van der Waals surface area contributed by atoms with Gasteiger partial charge in [-0.15, -0.1) is 0 Å². The number of nitrogens with one attached hydrogen (secondary N) is 1. The Bertz CT molecular complexity index is 266. The second kappa shape index (κ2) is 5.84. The summed E-state index contributed by atoms with van der Waals surface area (Å²) in [7, 11) is 3.35. The number of hydrogen-bond acceptors (Lipinski definition) is 3. The van der Waals surface area contributed by atoms with E-state index in [4.69, 9.17) is 5.73 Å². The van der Waals surface area contributed by atoms with Crippen molar-refractivity contribution in [3.8, 4) is 0 Å². The van der Waals surface area contributed by atoms with E-state index in [2.05, 4.69) is 5.32 Å². The van der Waals surface area contributed by atoms with Gasteiger partial charge in [-0.3, -0.25) is 9.59 Å². The number of nitrogens with two attached hydrogens (primary N) is 1. The number of likely N-dealkylation sites (N-methyl/N-ethyl adjacent to an activating group) is 1. The highest BCUT2D eigenvalue weighted by Crippen LogP contribution is 2.30. The quantitative estimate of drug-likeness (QED) is 0.684. The molecule has 2 atom stereocenters. The summed E-state index contributed by atoms with van der Waals surface area (Å²) in [5.41, 5.74) is 5.61. The number of nitrogens with zero attached hydrogens (tertiary/aromatic N) is 1. The highest BCUT2D eigenvalue weighted by molar-refractivity contribution is 5.85. The van der Waals surface area contributed by atoms with Gasteiger partial charge in [0.2, 0.25) is 11.8 Å². The molecule has 0 unspecified atom stereocenters. The predicted octanol–water partition coefficient (Wildman–Crippen LogP) is -0.434. The summed E-state index contributed by atoms with van der Waals surface area (Å²) in [5.74, 6) is 0.174. The fraction of sp³-hybridized carbons (Fsp3) is 0.818. The predicted molar refractivity (Wildman–Crippen MR) is 61.6 cm³/mol. The van der Waals surface area contributed by atoms with Gasteiger partial charge in [-0.2, -0.15) is 0 Å². The van der Waals surface area contributed by atoms with Crippen LogP contribution in [0.3, 0.4) is 0 Å². The fourth-order valence-electron chi connectivity index (χ4n) is 2.12. The van der Waals surface area contributed by atoms with Crippen molar-refractivity contribution in [1.82, 2.24) is 10.2 Å². The third kappa shape index (κ3) is 3.20. The Balaban J connectivity index is 2.37. The average molecular weight is 227 g/mol. The molecule has 0 aromatic rings. The summed E-state index contributed by atoms with van der Waals surface area (Å²) in [5, 5.41) is 2.68. The van der Waals surface area contributed by atoms with Crippen LogP contribution in [0, 0.1) is 11.8 Å². The normalized spacial score (nSPS) is 24.2. The van der Waals surface area contributed by atoms with Crippen molar-refractivity contribution >= 4 is 11.8 Å². The van der Waals surface area contributed by atoms with Crippen LogP contribution in [-0.4, -0.2) is 43.9 Å². The van der Waals surface area contributed by atoms with Crippen molar-refractivity contribution in [3.63, 3.8) is 0 Å². The Morgan fingerprint density at radius 2 is 2.06 bits per heavy atom. The summed E-state index contributed by atoms with van der Waals surface area (Å²) < 4.78 is 0. The average Bonchev–Trinajstić information content (AvgIpc) is 2.73. The Labute approximate surface area is 96.4 Å². The second-order valence-electron chi connectivity index (χ2n) is 4.54. The summed E-state index contributed by atoms with van der Waals surface area (Å²) in [6, 6.07) is 0. The van der Waals surface area contributed by atoms with E-state index in [9.17, 15) is 9.59 Å². The summed E-state index contributed by atoms with van der Waals surface area (Å²) in [4.78, 5) is 24.6. The van der Waals surface area contributed by atoms with Crippen LogP contribution in [0.25, 0.3) is 0 Å². The van der Waals surface area contributed by atoms with Gasteiger partial charge in [-0.1, -0.05) is 6.42 Å². The summed E-state index contributed by atoms with van der Waals surface area (Å²) in [6.07, 6.45) is 2.97. The van der Waals surface area contributed by atoms with E-state index in [0.717, 1.165) is 19.3 Å². The van der Waals surface area contributed by atoms with Crippen molar-refractivity contribution in [2.75, 3.05) is 27.2 Å². The molecule has 1 saturated carbocycles. The lowest BCUT2D eigenvalue weighted by Gasteiger charge is -2.18. The van der Waals surface area contributed by atoms with Crippen LogP contribution < -0.4 is 11.1 Å². The molecule has 5 heteroatoms. The van der Waals surface area contributed by atoms with Gasteiger partial charge in [-0.25, -0.2) is 0 Å². The zero-order valence-corrected chi connectivity index (χ0v) is 10.0. The highest BCUT2D eigenvalue weighted by Gasteiger charge is 2.31. The van der Waals surface area contributed by atoms with Crippen molar-refractivity contribution in [3.05, 3.63) is 0 Å². The first-order valence-electron chi connectivity index (χ1n) is 5.74. The van der Waals surface area contributed by atoms with Gasteiger partial charge in [0.1, 0.15) is 0 Å². The number of carbonyl (C=O) groups is 2. The van der Waals surface area contributed by atoms with Crippen molar-refractivity contribution in [2.45, 2.75) is 19.3 Å². The van der Waals surface area contributed by atoms with Crippen molar-refractivity contribution < 1.29 is 9.59 Å². The third-order valence-electron chi connectivity index (χ3n) is 3.21. The van der Waals surface area contributed by atoms with E-state index in [-0.39, 0.29) is 30.2 Å². The molecule has 0 radical (unpaired) electrons. The standard InChI is InChI=1S/C11H21N3O2/c1-14(2)10(15)7-13-11(16)9-5-3-4-8(9)6-12/h8-9H,3-7,12H2,1-2H3,(H,13,16)/t8-,9-/m1/s1. The first-order chi connectivity index (χ1) is 7.56. The maximum atomic E-state index is 11.8. The Morgan fingerprint density at radius 1 is 1.38 bits per heavy atom. The molecule has 5 nitrogen and oxygen atoms in total. The minimum atomic E-state index is -0.0874. The number of rotatable bonds is 4. The Kier molecular flexibility index (Phi) is 4.73. The Morgan fingerprint density at radius 3 is 2.62 bits per heavy atom. The van der Waals surface area contributed by atoms with Crippen LogP contribution in [-0.2, 0) is 9.59 Å². The zero-order chi connectivity index (χ0) is 12.1. The molecule has 16 heavy (non-hydrogen) atoms. The number of hydrogen-bond donors (Lipinski definition) is 2. The van der Waals surface area contributed by atoms with E-state index in [1.165, 1.54) is 4.90 Å². The van der Waals surface area contributed by atoms with E-state index in [1.54, 1.807) is 14.1 Å². The first kappa shape index (κ1) is 13.0. The van der Waals surface area contributed by atoms with Gasteiger partial charge in [-0.05, 0) is 25.3 Å². The molecule has 92 valence electrons. The smallest absolute Gasteiger partial charge is 0.241 e. The van der Waals surface area contributed by atoms with Gasteiger partial charge >= 0.3 is 0 Å². The Hall–Kier alpha value is -1.10. The molecule has 1 fully saturated rings. The van der Waals surface area contributed by atoms with Gasteiger partial charge in [0.25, 0.3) is 0 Å². The lowest BCUT2D eigenvalue weighted by Crippen LogP contribution is -2.40. The molecule has 0 aromatic carbocycles. The molecule has 0 bridgehead atoms. The van der Waals surface area contributed by atoms with Crippen molar-refractivity contribution in [1.29, 1.82) is 0 Å². The molecule has 0 aliphatic heterocycles. The summed E-state index contributed by atoms with van der Waals surface area (Å²) in [6.45, 7) is 0.638. The molecule has 0 saturated heterocycles. The molecule has 3 N–H and O–H groups in total. The van der Waals surface area contributed by atoms with E-state index in [1.807, 2.05) is 0 Å². The minimum absolute atomic E-state index is 0.0000350. The number of amides is 2. The largest absolute Gasteiger partial charge is 0.347 e. The van der Waals surface area contributed by atoms with E-state index < -0.39 is 0 Å². The van der Waals surface area contributed by atoms with E-state index >= 15 is 0 Å². The van der Waals surface area contributed by atoms with Crippen LogP contribution >= 0.6 is 0 Å². The molecular formula is C11H21N3O2. The minimum Gasteiger partial charge on any atom is -0.347 e. The second-order valence-corrected chi connectivity index (χ2v) is 4.54. The maximum absolute atomic E-state index is 11.8. The molecule has 0 aromatic heterocycles. The van der Waals surface area contributed by atoms with E-state index in [0.29, 0.717) is 6.54 Å². The molecule has 1 rings (SSSR count). The molecule has 1 aliphatic rings. The van der Waals surface area contributed by atoms with Crippen molar-refractivity contribution in [2.24, 2.45) is 17.6 Å². The van der Waals surface area contributed by atoms with Gasteiger partial charge in [0.05, 0.1) is 6.54 Å². The van der Waals surface area contributed by atoms with Gasteiger partial charge in [0.15, 0.2) is 0 Å². The van der Waals surface area contributed by atoms with Gasteiger partial charge in [0, 0.05) is 20.0 Å². The fourth-order valence-corrected chi connectivity index (χ4v) is 2.12. The topological polar surface area (TPSA) is 75.4 Å². The van der Waals surface area contributed by atoms with Gasteiger partial charge < -0.3 is 16.0 Å². The molecular weight excluding hydrogens is 206 g/mol.